The second-order valence-corrected chi connectivity index (χ2v) is 8.66. The molecule has 1 aromatic heterocycles. The lowest BCUT2D eigenvalue weighted by atomic mass is 9.72. The smallest absolute Gasteiger partial charge is 0.222 e. The second-order valence-electron chi connectivity index (χ2n) is 8.66. The van der Waals surface area contributed by atoms with Gasteiger partial charge in [-0.2, -0.15) is 0 Å². The molecule has 0 unspecified atom stereocenters. The van der Waals surface area contributed by atoms with Crippen LogP contribution in [0.2, 0.25) is 0 Å². The van der Waals surface area contributed by atoms with Gasteiger partial charge in [-0.05, 0) is 50.0 Å². The molecule has 0 atom stereocenters. The maximum Gasteiger partial charge on any atom is 0.222 e. The number of piperidine rings is 2. The lowest BCUT2D eigenvalue weighted by molar-refractivity contribution is -0.138. The number of amides is 1. The van der Waals surface area contributed by atoms with Crippen LogP contribution in [-0.4, -0.2) is 47.0 Å². The van der Waals surface area contributed by atoms with Crippen LogP contribution in [-0.2, 0) is 17.6 Å². The number of likely N-dealkylation sites (tertiary alicyclic amines) is 1. The van der Waals surface area contributed by atoms with Crippen molar-refractivity contribution in [1.29, 1.82) is 0 Å². The standard InChI is InChI=1S/C24H32N4O/c1-3-21-17-25-19(2)26-23(21)27-15-12-24(13-16-27)11-9-22(29)28(18-24)14-10-20-7-5-4-6-8-20/h4-8,17H,3,9-16,18H2,1-2H3. The highest BCUT2D eigenvalue weighted by molar-refractivity contribution is 5.77. The number of hydrogen-bond donors (Lipinski definition) is 0. The third-order valence-electron chi connectivity index (χ3n) is 6.73. The van der Waals surface area contributed by atoms with Gasteiger partial charge in [0, 0.05) is 44.4 Å². The molecule has 0 aliphatic carbocycles. The maximum absolute atomic E-state index is 12.5. The Balaban J connectivity index is 1.40. The molecule has 1 spiro atoms. The minimum atomic E-state index is 0.273. The lowest BCUT2D eigenvalue weighted by Crippen LogP contribution is -2.52. The Morgan fingerprint density at radius 1 is 1.10 bits per heavy atom. The van der Waals surface area contributed by atoms with Crippen molar-refractivity contribution in [2.45, 2.75) is 52.4 Å². The minimum absolute atomic E-state index is 0.273. The van der Waals surface area contributed by atoms with Crippen molar-refractivity contribution in [3.63, 3.8) is 0 Å². The number of nitrogens with zero attached hydrogens (tertiary/aromatic N) is 4. The average molecular weight is 393 g/mol. The Labute approximate surface area is 174 Å². The Bertz CT molecular complexity index is 843. The van der Waals surface area contributed by atoms with Gasteiger partial charge in [-0.1, -0.05) is 37.3 Å². The Morgan fingerprint density at radius 3 is 2.59 bits per heavy atom. The highest BCUT2D eigenvalue weighted by Gasteiger charge is 2.41. The van der Waals surface area contributed by atoms with Crippen molar-refractivity contribution in [3.8, 4) is 0 Å². The molecule has 0 saturated carbocycles. The van der Waals surface area contributed by atoms with Gasteiger partial charge < -0.3 is 9.80 Å². The van der Waals surface area contributed by atoms with Gasteiger partial charge in [0.05, 0.1) is 0 Å². The fourth-order valence-corrected chi connectivity index (χ4v) is 4.82. The molecule has 4 rings (SSSR count). The number of aromatic nitrogens is 2. The van der Waals surface area contributed by atoms with Crippen molar-refractivity contribution in [2.75, 3.05) is 31.1 Å². The fourth-order valence-electron chi connectivity index (χ4n) is 4.82. The predicted molar refractivity (Wildman–Crippen MR) is 116 cm³/mol. The van der Waals surface area contributed by atoms with Crippen molar-refractivity contribution >= 4 is 11.7 Å². The van der Waals surface area contributed by atoms with E-state index in [0.717, 1.165) is 69.9 Å². The first kappa shape index (κ1) is 19.9. The molecule has 2 aromatic rings. The summed E-state index contributed by atoms with van der Waals surface area (Å²) >= 11 is 0. The summed E-state index contributed by atoms with van der Waals surface area (Å²) in [5, 5.41) is 0. The fraction of sp³-hybridized carbons (Fsp3) is 0.542. The first-order chi connectivity index (χ1) is 14.1. The zero-order chi connectivity index (χ0) is 20.3. The molecule has 0 bridgehead atoms. The van der Waals surface area contributed by atoms with E-state index in [1.165, 1.54) is 11.1 Å². The van der Waals surface area contributed by atoms with Crippen molar-refractivity contribution in [3.05, 3.63) is 53.5 Å². The van der Waals surface area contributed by atoms with Gasteiger partial charge >= 0.3 is 0 Å². The Kier molecular flexibility index (Phi) is 5.84. The predicted octanol–water partition coefficient (Wildman–Crippen LogP) is 3.80. The molecule has 29 heavy (non-hydrogen) atoms. The molecule has 154 valence electrons. The number of rotatable bonds is 5. The van der Waals surface area contributed by atoms with Gasteiger partial charge in [-0.15, -0.1) is 0 Å². The highest BCUT2D eigenvalue weighted by atomic mass is 16.2. The second kappa shape index (κ2) is 8.52. The number of carbonyl (C=O) groups excluding carboxylic acids is 1. The van der Waals surface area contributed by atoms with E-state index in [0.29, 0.717) is 12.3 Å². The molecule has 1 aromatic carbocycles. The molecule has 0 radical (unpaired) electrons. The van der Waals surface area contributed by atoms with Crippen molar-refractivity contribution in [2.24, 2.45) is 5.41 Å². The summed E-state index contributed by atoms with van der Waals surface area (Å²) in [6.07, 6.45) is 7.87. The van der Waals surface area contributed by atoms with Gasteiger partial charge in [0.25, 0.3) is 0 Å². The molecule has 0 N–H and O–H groups in total. The number of anilines is 1. The average Bonchev–Trinajstić information content (AvgIpc) is 2.76. The SMILES string of the molecule is CCc1cnc(C)nc1N1CCC2(CCC(=O)N(CCc3ccccc3)C2)CC1. The summed E-state index contributed by atoms with van der Waals surface area (Å²) in [5.74, 6) is 2.28. The van der Waals surface area contributed by atoms with Gasteiger partial charge in [0.15, 0.2) is 0 Å². The summed E-state index contributed by atoms with van der Waals surface area (Å²) in [4.78, 5) is 26.2. The lowest BCUT2D eigenvalue weighted by Gasteiger charge is -2.48. The van der Waals surface area contributed by atoms with Crippen LogP contribution in [0, 0.1) is 12.3 Å². The third-order valence-corrected chi connectivity index (χ3v) is 6.73. The summed E-state index contributed by atoms with van der Waals surface area (Å²) in [5.41, 5.74) is 2.81. The van der Waals surface area contributed by atoms with E-state index in [1.807, 2.05) is 19.2 Å². The van der Waals surface area contributed by atoms with E-state index in [4.69, 9.17) is 4.98 Å². The molecular weight excluding hydrogens is 360 g/mol. The van der Waals surface area contributed by atoms with Crippen LogP contribution in [0.1, 0.15) is 49.6 Å². The van der Waals surface area contributed by atoms with E-state index >= 15 is 0 Å². The summed E-state index contributed by atoms with van der Waals surface area (Å²) in [7, 11) is 0. The van der Waals surface area contributed by atoms with E-state index in [-0.39, 0.29) is 5.41 Å². The monoisotopic (exact) mass is 392 g/mol. The van der Waals surface area contributed by atoms with E-state index in [9.17, 15) is 4.79 Å². The Morgan fingerprint density at radius 2 is 1.86 bits per heavy atom. The van der Waals surface area contributed by atoms with E-state index in [1.54, 1.807) is 0 Å². The zero-order valence-corrected chi connectivity index (χ0v) is 17.7. The van der Waals surface area contributed by atoms with Gasteiger partial charge in [-0.25, -0.2) is 9.97 Å². The van der Waals surface area contributed by atoms with Gasteiger partial charge in [-0.3, -0.25) is 4.79 Å². The first-order valence-corrected chi connectivity index (χ1v) is 11.0. The topological polar surface area (TPSA) is 49.3 Å². The van der Waals surface area contributed by atoms with Crippen LogP contribution < -0.4 is 4.90 Å². The maximum atomic E-state index is 12.5. The summed E-state index contributed by atoms with van der Waals surface area (Å²) < 4.78 is 0. The van der Waals surface area contributed by atoms with Gasteiger partial charge in [0.1, 0.15) is 11.6 Å². The number of aryl methyl sites for hydroxylation is 2. The molecule has 2 aliphatic rings. The minimum Gasteiger partial charge on any atom is -0.356 e. The Hall–Kier alpha value is -2.43. The molecule has 1 amide bonds. The quantitative estimate of drug-likeness (QED) is 0.777. The molecule has 3 heterocycles. The van der Waals surface area contributed by atoms with E-state index < -0.39 is 0 Å². The number of benzene rings is 1. The summed E-state index contributed by atoms with van der Waals surface area (Å²) in [6.45, 7) is 7.91. The molecule has 2 aliphatic heterocycles. The number of hydrogen-bond acceptors (Lipinski definition) is 4. The highest BCUT2D eigenvalue weighted by Crippen LogP contribution is 2.41. The van der Waals surface area contributed by atoms with Crippen LogP contribution in [0.15, 0.2) is 36.5 Å². The van der Waals surface area contributed by atoms with E-state index in [2.05, 4.69) is 46.0 Å². The van der Waals surface area contributed by atoms with Crippen LogP contribution in [0.5, 0.6) is 0 Å². The zero-order valence-electron chi connectivity index (χ0n) is 17.7. The molecule has 5 nitrogen and oxygen atoms in total. The largest absolute Gasteiger partial charge is 0.356 e. The molecule has 5 heteroatoms. The normalized spacial score (nSPS) is 19.0. The van der Waals surface area contributed by atoms with Crippen LogP contribution in [0.25, 0.3) is 0 Å². The van der Waals surface area contributed by atoms with Gasteiger partial charge in [0.2, 0.25) is 5.91 Å². The summed E-state index contributed by atoms with van der Waals surface area (Å²) in [6, 6.07) is 10.5. The first-order valence-electron chi connectivity index (χ1n) is 11.0. The molecule has 2 fully saturated rings. The van der Waals surface area contributed by atoms with Crippen LogP contribution >= 0.6 is 0 Å². The molecule has 2 saturated heterocycles. The van der Waals surface area contributed by atoms with Crippen LogP contribution in [0.3, 0.4) is 0 Å². The third kappa shape index (κ3) is 4.44. The molecular formula is C24H32N4O. The van der Waals surface area contributed by atoms with Crippen molar-refractivity contribution < 1.29 is 4.79 Å². The van der Waals surface area contributed by atoms with Crippen LogP contribution in [0.4, 0.5) is 5.82 Å². The van der Waals surface area contributed by atoms with Crippen molar-refractivity contribution in [1.82, 2.24) is 14.9 Å². The number of carbonyl (C=O) groups is 1.